The summed E-state index contributed by atoms with van der Waals surface area (Å²) in [7, 11) is 0. The molecule has 1 aliphatic heterocycles. The van der Waals surface area contributed by atoms with Crippen molar-refractivity contribution < 1.29 is 9.53 Å². The van der Waals surface area contributed by atoms with Gasteiger partial charge in [0.25, 0.3) is 0 Å². The van der Waals surface area contributed by atoms with E-state index in [1.165, 1.54) is 26.5 Å². The number of fused-ring (bicyclic) bond motifs is 1. The van der Waals surface area contributed by atoms with E-state index in [1.807, 2.05) is 16.7 Å². The van der Waals surface area contributed by atoms with Gasteiger partial charge in [0.2, 0.25) is 0 Å². The topological polar surface area (TPSA) is 69.4 Å². The molecule has 1 fully saturated rings. The maximum absolute atomic E-state index is 13.4. The number of pyridine rings is 1. The zero-order valence-electron chi connectivity index (χ0n) is 19.3. The van der Waals surface area contributed by atoms with Crippen molar-refractivity contribution in [2.45, 2.75) is 44.8 Å². The third-order valence-electron chi connectivity index (χ3n) is 7.41. The molecular formula is C27H28N4O3. The van der Waals surface area contributed by atoms with Crippen LogP contribution in [0.4, 0.5) is 0 Å². The van der Waals surface area contributed by atoms with Crippen molar-refractivity contribution in [2.75, 3.05) is 19.7 Å². The first-order chi connectivity index (χ1) is 16.7. The maximum Gasteiger partial charge on any atom is 0.331 e. The Morgan fingerprint density at radius 1 is 1.09 bits per heavy atom. The Morgan fingerprint density at radius 2 is 1.88 bits per heavy atom. The molecule has 6 rings (SSSR count). The second kappa shape index (κ2) is 8.40. The average molecular weight is 457 g/mol. The molecule has 174 valence electrons. The fourth-order valence-corrected chi connectivity index (χ4v) is 5.94. The number of carbonyl (C=O) groups is 1. The van der Waals surface area contributed by atoms with Crippen LogP contribution >= 0.6 is 0 Å². The van der Waals surface area contributed by atoms with Crippen LogP contribution in [0, 0.1) is 0 Å². The summed E-state index contributed by atoms with van der Waals surface area (Å²) in [4.78, 5) is 32.5. The van der Waals surface area contributed by atoms with Gasteiger partial charge < -0.3 is 4.74 Å². The largest absolute Gasteiger partial charge is 0.465 e. The van der Waals surface area contributed by atoms with Crippen molar-refractivity contribution in [3.05, 3.63) is 76.3 Å². The van der Waals surface area contributed by atoms with Gasteiger partial charge in [0, 0.05) is 31.4 Å². The highest BCUT2D eigenvalue weighted by Crippen LogP contribution is 2.41. The number of rotatable bonds is 5. The molecule has 2 aliphatic rings. The van der Waals surface area contributed by atoms with E-state index in [0.29, 0.717) is 11.7 Å². The highest BCUT2D eigenvalue weighted by Gasteiger charge is 2.33. The fraction of sp³-hybridized carbons (Fsp3) is 0.370. The van der Waals surface area contributed by atoms with E-state index in [9.17, 15) is 9.59 Å². The number of carbonyl (C=O) groups excluding carboxylic acids is 1. The summed E-state index contributed by atoms with van der Waals surface area (Å²) < 4.78 is 8.39. The quantitative estimate of drug-likeness (QED) is 0.427. The zero-order chi connectivity index (χ0) is 23.2. The number of hydrogen-bond acceptors (Lipinski definition) is 5. The molecule has 3 heterocycles. The minimum Gasteiger partial charge on any atom is -0.465 e. The lowest BCUT2D eigenvalue weighted by Crippen LogP contribution is -2.40. The van der Waals surface area contributed by atoms with Gasteiger partial charge in [-0.1, -0.05) is 36.4 Å². The molecule has 0 N–H and O–H groups in total. The van der Waals surface area contributed by atoms with Crippen LogP contribution in [0.1, 0.15) is 43.0 Å². The van der Waals surface area contributed by atoms with E-state index in [1.54, 1.807) is 13.1 Å². The summed E-state index contributed by atoms with van der Waals surface area (Å²) in [5, 5.41) is 2.74. The van der Waals surface area contributed by atoms with Gasteiger partial charge >= 0.3 is 11.7 Å². The van der Waals surface area contributed by atoms with Gasteiger partial charge in [-0.3, -0.25) is 18.8 Å². The van der Waals surface area contributed by atoms with Crippen LogP contribution in [-0.2, 0) is 22.5 Å². The second-order valence-electron chi connectivity index (χ2n) is 9.24. The first kappa shape index (κ1) is 21.1. The summed E-state index contributed by atoms with van der Waals surface area (Å²) in [6.07, 6.45) is 4.48. The van der Waals surface area contributed by atoms with E-state index in [0.717, 1.165) is 37.9 Å². The molecule has 0 amide bonds. The van der Waals surface area contributed by atoms with Crippen molar-refractivity contribution >= 4 is 27.9 Å². The van der Waals surface area contributed by atoms with Crippen LogP contribution < -0.4 is 5.69 Å². The number of imidazole rings is 1. The van der Waals surface area contributed by atoms with Crippen molar-refractivity contribution in [3.8, 4) is 0 Å². The van der Waals surface area contributed by atoms with E-state index in [4.69, 9.17) is 4.74 Å². The third kappa shape index (κ3) is 3.34. The highest BCUT2D eigenvalue weighted by atomic mass is 16.5. The number of esters is 1. The van der Waals surface area contributed by atoms with Crippen LogP contribution in [0.3, 0.4) is 0 Å². The van der Waals surface area contributed by atoms with Gasteiger partial charge in [0.15, 0.2) is 5.65 Å². The van der Waals surface area contributed by atoms with E-state index < -0.39 is 5.97 Å². The first-order valence-corrected chi connectivity index (χ1v) is 12.1. The van der Waals surface area contributed by atoms with Crippen molar-refractivity contribution in [3.63, 3.8) is 0 Å². The molecular weight excluding hydrogens is 428 g/mol. The molecule has 1 aliphatic carbocycles. The second-order valence-corrected chi connectivity index (χ2v) is 9.24. The summed E-state index contributed by atoms with van der Waals surface area (Å²) in [5.74, 6) is -0.418. The van der Waals surface area contributed by atoms with Gasteiger partial charge in [-0.25, -0.2) is 9.78 Å². The van der Waals surface area contributed by atoms with Crippen molar-refractivity contribution in [1.82, 2.24) is 19.0 Å². The van der Waals surface area contributed by atoms with Crippen molar-refractivity contribution in [2.24, 2.45) is 0 Å². The summed E-state index contributed by atoms with van der Waals surface area (Å²) in [6, 6.07) is 17.5. The Hall–Kier alpha value is -3.45. The number of ether oxygens (including phenoxy) is 1. The van der Waals surface area contributed by atoms with Gasteiger partial charge in [-0.05, 0) is 60.2 Å². The van der Waals surface area contributed by atoms with Gasteiger partial charge in [-0.15, -0.1) is 0 Å². The number of aromatic nitrogens is 3. The minimum absolute atomic E-state index is 0.0819. The van der Waals surface area contributed by atoms with E-state index in [-0.39, 0.29) is 24.9 Å². The number of hydrogen-bond donors (Lipinski definition) is 0. The predicted molar refractivity (Wildman–Crippen MR) is 131 cm³/mol. The lowest BCUT2D eigenvalue weighted by molar-refractivity contribution is -0.143. The fourth-order valence-electron chi connectivity index (χ4n) is 5.94. The van der Waals surface area contributed by atoms with E-state index in [2.05, 4.69) is 46.3 Å². The Bertz CT molecular complexity index is 1440. The van der Waals surface area contributed by atoms with Crippen LogP contribution in [-0.4, -0.2) is 44.7 Å². The molecule has 0 radical (unpaired) electrons. The molecule has 34 heavy (non-hydrogen) atoms. The SMILES string of the molecule is CCOC(=O)Cn1c(=O)n(C2CCN([C@@H]3Cc4cccc5cccc3c45)CC2)c2cccnc21. The van der Waals surface area contributed by atoms with Crippen LogP contribution in [0.5, 0.6) is 0 Å². The summed E-state index contributed by atoms with van der Waals surface area (Å²) in [5.41, 5.74) is 4.01. The van der Waals surface area contributed by atoms with Gasteiger partial charge in [-0.2, -0.15) is 0 Å². The van der Waals surface area contributed by atoms with E-state index >= 15 is 0 Å². The molecule has 2 aromatic heterocycles. The zero-order valence-corrected chi connectivity index (χ0v) is 19.3. The monoisotopic (exact) mass is 456 g/mol. The molecule has 4 aromatic rings. The molecule has 7 heteroatoms. The maximum atomic E-state index is 13.4. The molecule has 0 bridgehead atoms. The standard InChI is InChI=1S/C27H28N4O3/c1-2-34-24(32)17-30-26-22(10-5-13-28-26)31(27(30)33)20-11-14-29(15-12-20)23-16-19-8-3-6-18-7-4-9-21(23)25(18)19/h3-10,13,20,23H,2,11-12,14-17H2,1H3/t23-/m1/s1. The van der Waals surface area contributed by atoms with Gasteiger partial charge in [0.1, 0.15) is 6.54 Å². The molecule has 7 nitrogen and oxygen atoms in total. The molecule has 1 atom stereocenters. The molecule has 0 spiro atoms. The summed E-state index contributed by atoms with van der Waals surface area (Å²) in [6.45, 7) is 3.79. The Kier molecular flexibility index (Phi) is 5.21. The Morgan fingerprint density at radius 3 is 2.68 bits per heavy atom. The number of likely N-dealkylation sites (tertiary alicyclic amines) is 1. The Labute approximate surface area is 197 Å². The average Bonchev–Trinajstić information content (AvgIpc) is 3.37. The predicted octanol–water partition coefficient (Wildman–Crippen LogP) is 3.85. The lowest BCUT2D eigenvalue weighted by atomic mass is 9.99. The van der Waals surface area contributed by atoms with Gasteiger partial charge in [0.05, 0.1) is 12.1 Å². The summed E-state index contributed by atoms with van der Waals surface area (Å²) >= 11 is 0. The molecule has 1 saturated heterocycles. The smallest absolute Gasteiger partial charge is 0.331 e. The van der Waals surface area contributed by atoms with Crippen LogP contribution in [0.2, 0.25) is 0 Å². The minimum atomic E-state index is -0.418. The first-order valence-electron chi connectivity index (χ1n) is 12.1. The molecule has 0 saturated carbocycles. The lowest BCUT2D eigenvalue weighted by Gasteiger charge is -2.36. The number of benzene rings is 2. The number of piperidine rings is 1. The molecule has 2 aromatic carbocycles. The molecule has 0 unspecified atom stereocenters. The number of nitrogens with zero attached hydrogens (tertiary/aromatic N) is 4. The van der Waals surface area contributed by atoms with Crippen LogP contribution in [0.25, 0.3) is 21.9 Å². The van der Waals surface area contributed by atoms with Crippen LogP contribution in [0.15, 0.2) is 59.5 Å². The normalized spacial score (nSPS) is 18.7. The van der Waals surface area contributed by atoms with Crippen molar-refractivity contribution in [1.29, 1.82) is 0 Å². The Balaban J connectivity index is 1.26. The third-order valence-corrected chi connectivity index (χ3v) is 7.41. The highest BCUT2D eigenvalue weighted by molar-refractivity contribution is 5.91.